The Balaban J connectivity index is 1.39. The summed E-state index contributed by atoms with van der Waals surface area (Å²) in [5, 5.41) is 0. The Labute approximate surface area is 167 Å². The molecule has 1 saturated heterocycles. The van der Waals surface area contributed by atoms with Crippen molar-refractivity contribution in [2.24, 2.45) is 29.6 Å². The molecule has 0 aromatic heterocycles. The van der Waals surface area contributed by atoms with Gasteiger partial charge in [0.15, 0.2) is 6.29 Å². The van der Waals surface area contributed by atoms with Gasteiger partial charge in [0, 0.05) is 17.8 Å². The lowest BCUT2D eigenvalue weighted by Gasteiger charge is -2.33. The molecule has 4 aliphatic rings. The van der Waals surface area contributed by atoms with Crippen molar-refractivity contribution in [2.45, 2.75) is 58.7 Å². The van der Waals surface area contributed by atoms with Crippen LogP contribution in [0.3, 0.4) is 0 Å². The van der Waals surface area contributed by atoms with Gasteiger partial charge >= 0.3 is 0 Å². The molecule has 0 N–H and O–H groups in total. The molecule has 4 heteroatoms. The fourth-order valence-electron chi connectivity index (χ4n) is 4.93. The summed E-state index contributed by atoms with van der Waals surface area (Å²) in [6.07, 6.45) is 12.7. The first-order valence-corrected chi connectivity index (χ1v) is 10.9. The third-order valence-corrected chi connectivity index (χ3v) is 6.76. The molecule has 0 aromatic carbocycles. The van der Waals surface area contributed by atoms with Gasteiger partial charge in [-0.3, -0.25) is 0 Å². The molecule has 3 aliphatic carbocycles. The van der Waals surface area contributed by atoms with Crippen molar-refractivity contribution in [1.82, 2.24) is 0 Å². The third-order valence-electron chi connectivity index (χ3n) is 6.76. The molecule has 0 amide bonds. The lowest BCUT2D eigenvalue weighted by Crippen LogP contribution is -2.36. The monoisotopic (exact) mass is 390 g/mol. The molecule has 2 fully saturated rings. The van der Waals surface area contributed by atoms with Crippen molar-refractivity contribution in [3.05, 3.63) is 47.1 Å². The zero-order valence-corrected chi connectivity index (χ0v) is 17.0. The van der Waals surface area contributed by atoms with Gasteiger partial charge in [-0.1, -0.05) is 38.8 Å². The van der Waals surface area contributed by atoms with Crippen LogP contribution in [0.1, 0.15) is 52.4 Å². The van der Waals surface area contributed by atoms with Crippen LogP contribution in [-0.2, 0) is 9.47 Å². The van der Waals surface area contributed by atoms with Crippen LogP contribution in [0.2, 0.25) is 0 Å². The van der Waals surface area contributed by atoms with E-state index in [1.54, 1.807) is 12.2 Å². The Morgan fingerprint density at radius 3 is 2.07 bits per heavy atom. The van der Waals surface area contributed by atoms with E-state index in [-0.39, 0.29) is 29.8 Å². The summed E-state index contributed by atoms with van der Waals surface area (Å²) < 4.78 is 41.1. The second kappa shape index (κ2) is 8.62. The summed E-state index contributed by atoms with van der Waals surface area (Å²) in [6, 6.07) is 0. The molecule has 4 rings (SSSR count). The van der Waals surface area contributed by atoms with E-state index < -0.39 is 0 Å². The van der Waals surface area contributed by atoms with Gasteiger partial charge in [0.2, 0.25) is 0 Å². The van der Waals surface area contributed by atoms with E-state index in [1.165, 1.54) is 12.8 Å². The quantitative estimate of drug-likeness (QED) is 0.553. The van der Waals surface area contributed by atoms with E-state index >= 15 is 0 Å². The highest BCUT2D eigenvalue weighted by molar-refractivity contribution is 5.41. The van der Waals surface area contributed by atoms with Gasteiger partial charge in [0.25, 0.3) is 0 Å². The van der Waals surface area contributed by atoms with Crippen molar-refractivity contribution >= 4 is 0 Å². The lowest BCUT2D eigenvalue weighted by atomic mass is 9.75. The van der Waals surface area contributed by atoms with Crippen molar-refractivity contribution in [2.75, 3.05) is 13.2 Å². The lowest BCUT2D eigenvalue weighted by molar-refractivity contribution is -0.214. The van der Waals surface area contributed by atoms with Crippen molar-refractivity contribution in [3.63, 3.8) is 0 Å². The summed E-state index contributed by atoms with van der Waals surface area (Å²) in [5.41, 5.74) is 1.48. The molecule has 1 heterocycles. The first-order chi connectivity index (χ1) is 13.5. The molecule has 2 unspecified atom stereocenters. The number of halogens is 2. The van der Waals surface area contributed by atoms with Crippen molar-refractivity contribution in [3.8, 4) is 0 Å². The van der Waals surface area contributed by atoms with Gasteiger partial charge in [-0.05, 0) is 60.8 Å². The molecule has 0 aromatic rings. The summed E-state index contributed by atoms with van der Waals surface area (Å²) in [5.74, 6) is 0.754. The second-order valence-corrected chi connectivity index (χ2v) is 9.19. The molecule has 2 nitrogen and oxygen atoms in total. The van der Waals surface area contributed by atoms with E-state index in [0.717, 1.165) is 24.3 Å². The highest BCUT2D eigenvalue weighted by Crippen LogP contribution is 2.42. The van der Waals surface area contributed by atoms with Crippen molar-refractivity contribution < 1.29 is 18.3 Å². The predicted octanol–water partition coefficient (Wildman–Crippen LogP) is 6.42. The van der Waals surface area contributed by atoms with Crippen molar-refractivity contribution in [1.29, 1.82) is 0 Å². The number of hydrogen-bond acceptors (Lipinski definition) is 2. The maximum Gasteiger partial charge on any atom is 0.164 e. The maximum absolute atomic E-state index is 14.8. The standard InChI is InChI=1S/C24H32F2O2/c1-15-3-5-17(6-4-15)20-9-7-18(11-22(20)25)21-10-8-19(12-23(21)26)24-27-13-16(2)14-28-24/h9-12,15-19,24H,3-8,13-14H2,1-2H3. The number of allylic oxidation sites excluding steroid dienone is 7. The normalized spacial score (nSPS) is 39.6. The van der Waals surface area contributed by atoms with Gasteiger partial charge < -0.3 is 9.47 Å². The van der Waals surface area contributed by atoms with Gasteiger partial charge in [-0.25, -0.2) is 8.78 Å². The van der Waals surface area contributed by atoms with Crippen LogP contribution in [-0.4, -0.2) is 19.5 Å². The van der Waals surface area contributed by atoms with Gasteiger partial charge in [0.1, 0.15) is 11.7 Å². The van der Waals surface area contributed by atoms with Crippen LogP contribution in [0.5, 0.6) is 0 Å². The minimum atomic E-state index is -0.376. The van der Waals surface area contributed by atoms with Gasteiger partial charge in [-0.15, -0.1) is 0 Å². The molecule has 1 saturated carbocycles. The first-order valence-electron chi connectivity index (χ1n) is 10.9. The van der Waals surface area contributed by atoms with E-state index in [9.17, 15) is 8.78 Å². The minimum Gasteiger partial charge on any atom is -0.352 e. The fourth-order valence-corrected chi connectivity index (χ4v) is 4.93. The SMILES string of the molecule is CC1CCC(C2=CCC(C3=CCC(C4OCC(C)CO4)C=C3F)C=C2F)CC1. The molecule has 2 atom stereocenters. The first kappa shape index (κ1) is 20.0. The zero-order chi connectivity index (χ0) is 19.7. The Morgan fingerprint density at radius 2 is 1.43 bits per heavy atom. The van der Waals surface area contributed by atoms with E-state index in [4.69, 9.17) is 9.47 Å². The van der Waals surface area contributed by atoms with Crippen LogP contribution < -0.4 is 0 Å². The fraction of sp³-hybridized carbons (Fsp3) is 0.667. The molecule has 0 radical (unpaired) electrons. The van der Waals surface area contributed by atoms with E-state index in [2.05, 4.69) is 13.8 Å². The number of hydrogen-bond donors (Lipinski definition) is 0. The minimum absolute atomic E-state index is 0.107. The van der Waals surface area contributed by atoms with Crippen LogP contribution in [0.25, 0.3) is 0 Å². The molecule has 28 heavy (non-hydrogen) atoms. The highest BCUT2D eigenvalue weighted by atomic mass is 19.1. The Kier molecular flexibility index (Phi) is 6.17. The largest absolute Gasteiger partial charge is 0.352 e. The topological polar surface area (TPSA) is 18.5 Å². The van der Waals surface area contributed by atoms with E-state index in [1.807, 2.05) is 12.2 Å². The zero-order valence-electron chi connectivity index (χ0n) is 17.0. The summed E-state index contributed by atoms with van der Waals surface area (Å²) in [6.45, 7) is 5.65. The number of rotatable bonds is 3. The molecule has 0 bridgehead atoms. The maximum atomic E-state index is 14.8. The van der Waals surface area contributed by atoms with Gasteiger partial charge in [0.05, 0.1) is 13.2 Å². The summed E-state index contributed by atoms with van der Waals surface area (Å²) in [4.78, 5) is 0. The van der Waals surface area contributed by atoms with Crippen LogP contribution >= 0.6 is 0 Å². The summed E-state index contributed by atoms with van der Waals surface area (Å²) >= 11 is 0. The highest BCUT2D eigenvalue weighted by Gasteiger charge is 2.32. The third kappa shape index (κ3) is 4.33. The molecule has 1 aliphatic heterocycles. The average molecular weight is 391 g/mol. The Bertz CT molecular complexity index is 689. The van der Waals surface area contributed by atoms with E-state index in [0.29, 0.717) is 43.5 Å². The van der Waals surface area contributed by atoms with Crippen LogP contribution in [0.4, 0.5) is 8.78 Å². The smallest absolute Gasteiger partial charge is 0.164 e. The second-order valence-electron chi connectivity index (χ2n) is 9.19. The average Bonchev–Trinajstić information content (AvgIpc) is 2.69. The number of ether oxygens (including phenoxy) is 2. The molecule has 154 valence electrons. The van der Waals surface area contributed by atoms with Gasteiger partial charge in [-0.2, -0.15) is 0 Å². The van der Waals surface area contributed by atoms with Crippen LogP contribution in [0.15, 0.2) is 47.1 Å². The molecule has 0 spiro atoms. The Hall–Kier alpha value is -1.26. The predicted molar refractivity (Wildman–Crippen MR) is 107 cm³/mol. The summed E-state index contributed by atoms with van der Waals surface area (Å²) in [7, 11) is 0. The molecular formula is C24H32F2O2. The van der Waals surface area contributed by atoms with Crippen LogP contribution in [0, 0.1) is 29.6 Å². The Morgan fingerprint density at radius 1 is 0.786 bits per heavy atom. The molecular weight excluding hydrogens is 358 g/mol.